The van der Waals surface area contributed by atoms with E-state index < -0.39 is 5.91 Å². The lowest BCUT2D eigenvalue weighted by Gasteiger charge is -2.31. The highest BCUT2D eigenvalue weighted by Gasteiger charge is 2.29. The van der Waals surface area contributed by atoms with Gasteiger partial charge in [-0.2, -0.15) is 5.26 Å². The summed E-state index contributed by atoms with van der Waals surface area (Å²) in [7, 11) is 4.61. The first-order chi connectivity index (χ1) is 15.6. The summed E-state index contributed by atoms with van der Waals surface area (Å²) in [6.45, 7) is 0. The number of anilines is 2. The third-order valence-electron chi connectivity index (χ3n) is 4.83. The van der Waals surface area contributed by atoms with Crippen molar-refractivity contribution in [1.82, 2.24) is 0 Å². The fourth-order valence-electron chi connectivity index (χ4n) is 3.43. The van der Waals surface area contributed by atoms with Gasteiger partial charge in [0.2, 0.25) is 0 Å². The standard InChI is InChI=1S/C25H23N3O4/c1-30-21-13-7-4-10-17(21)24(18(16-26)25(27)29)28(19-11-5-8-14-22(19)31-2)20-12-6-9-15-23(20)32-3/h4-15H,1-3H3,(H2,27,29)/b24-18-. The summed E-state index contributed by atoms with van der Waals surface area (Å²) in [6.07, 6.45) is 0. The molecule has 7 nitrogen and oxygen atoms in total. The fraction of sp³-hybridized carbons (Fsp3) is 0.120. The number of nitriles is 1. The van der Waals surface area contributed by atoms with E-state index in [-0.39, 0.29) is 11.3 Å². The second-order valence-corrected chi connectivity index (χ2v) is 6.58. The van der Waals surface area contributed by atoms with E-state index in [0.29, 0.717) is 34.2 Å². The molecule has 0 atom stereocenters. The molecule has 3 aromatic carbocycles. The molecule has 0 saturated heterocycles. The number of carbonyl (C=O) groups is 1. The number of nitrogens with two attached hydrogens (primary N) is 1. The molecule has 1 amide bonds. The zero-order chi connectivity index (χ0) is 23.1. The molecule has 0 unspecified atom stereocenters. The van der Waals surface area contributed by atoms with Crippen molar-refractivity contribution in [3.05, 3.63) is 83.9 Å². The normalized spacial score (nSPS) is 11.1. The third-order valence-corrected chi connectivity index (χ3v) is 4.83. The van der Waals surface area contributed by atoms with Gasteiger partial charge in [0.05, 0.1) is 38.4 Å². The Bertz CT molecular complexity index is 1150. The first-order valence-corrected chi connectivity index (χ1v) is 9.71. The molecular formula is C25H23N3O4. The van der Waals surface area contributed by atoms with Crippen LogP contribution in [0.3, 0.4) is 0 Å². The van der Waals surface area contributed by atoms with E-state index in [9.17, 15) is 10.1 Å². The summed E-state index contributed by atoms with van der Waals surface area (Å²) in [4.78, 5) is 14.2. The van der Waals surface area contributed by atoms with Crippen LogP contribution in [0, 0.1) is 11.3 Å². The fourth-order valence-corrected chi connectivity index (χ4v) is 3.43. The Morgan fingerprint density at radius 3 is 1.66 bits per heavy atom. The van der Waals surface area contributed by atoms with E-state index in [1.165, 1.54) is 7.11 Å². The number of benzene rings is 3. The van der Waals surface area contributed by atoms with Crippen molar-refractivity contribution < 1.29 is 19.0 Å². The Labute approximate surface area is 186 Å². The molecule has 162 valence electrons. The van der Waals surface area contributed by atoms with E-state index in [1.54, 1.807) is 55.5 Å². The number of hydrogen-bond acceptors (Lipinski definition) is 6. The van der Waals surface area contributed by atoms with Gasteiger partial charge in [0.25, 0.3) is 5.91 Å². The van der Waals surface area contributed by atoms with Gasteiger partial charge in [0, 0.05) is 5.56 Å². The van der Waals surface area contributed by atoms with Gasteiger partial charge in [-0.1, -0.05) is 36.4 Å². The van der Waals surface area contributed by atoms with Crippen LogP contribution in [0.25, 0.3) is 5.70 Å². The van der Waals surface area contributed by atoms with E-state index >= 15 is 0 Å². The van der Waals surface area contributed by atoms with Crippen LogP contribution in [0.1, 0.15) is 5.56 Å². The predicted octanol–water partition coefficient (Wildman–Crippen LogP) is 4.27. The van der Waals surface area contributed by atoms with Crippen LogP contribution in [0.15, 0.2) is 78.4 Å². The lowest BCUT2D eigenvalue weighted by Crippen LogP contribution is -2.24. The molecule has 0 aliphatic carbocycles. The molecule has 0 aliphatic rings. The van der Waals surface area contributed by atoms with Crippen LogP contribution in [0.2, 0.25) is 0 Å². The van der Waals surface area contributed by atoms with Crippen molar-refractivity contribution >= 4 is 23.0 Å². The Morgan fingerprint density at radius 2 is 1.22 bits per heavy atom. The number of methoxy groups -OCH3 is 3. The SMILES string of the molecule is COc1ccccc1/C(=C(\C#N)C(N)=O)N(c1ccccc1OC)c1ccccc1OC. The van der Waals surface area contributed by atoms with Crippen LogP contribution in [-0.4, -0.2) is 27.2 Å². The summed E-state index contributed by atoms with van der Waals surface area (Å²) in [5, 5.41) is 9.95. The Balaban J connectivity index is 2.51. The number of carbonyl (C=O) groups excluding carboxylic acids is 1. The Morgan fingerprint density at radius 1 is 0.781 bits per heavy atom. The Kier molecular flexibility index (Phi) is 6.99. The maximum absolute atomic E-state index is 12.4. The summed E-state index contributed by atoms with van der Waals surface area (Å²) in [5.41, 5.74) is 7.32. The van der Waals surface area contributed by atoms with Gasteiger partial charge in [0.15, 0.2) is 0 Å². The summed E-state index contributed by atoms with van der Waals surface area (Å²) in [5.74, 6) is 0.634. The van der Waals surface area contributed by atoms with E-state index in [4.69, 9.17) is 19.9 Å². The average Bonchev–Trinajstić information content (AvgIpc) is 2.84. The quantitative estimate of drug-likeness (QED) is 0.424. The molecule has 2 N–H and O–H groups in total. The van der Waals surface area contributed by atoms with E-state index in [0.717, 1.165) is 0 Å². The number of ether oxygens (including phenoxy) is 3. The molecule has 0 aromatic heterocycles. The molecule has 3 rings (SSSR count). The highest BCUT2D eigenvalue weighted by atomic mass is 16.5. The largest absolute Gasteiger partial charge is 0.496 e. The van der Waals surface area contributed by atoms with Gasteiger partial charge in [0.1, 0.15) is 28.9 Å². The minimum Gasteiger partial charge on any atom is -0.496 e. The number of para-hydroxylation sites is 5. The zero-order valence-electron chi connectivity index (χ0n) is 18.0. The topological polar surface area (TPSA) is 97.8 Å². The minimum absolute atomic E-state index is 0.242. The molecule has 0 spiro atoms. The molecule has 0 fully saturated rings. The van der Waals surface area contributed by atoms with Crippen molar-refractivity contribution in [3.63, 3.8) is 0 Å². The molecule has 0 bridgehead atoms. The van der Waals surface area contributed by atoms with Crippen LogP contribution in [0.4, 0.5) is 11.4 Å². The average molecular weight is 429 g/mol. The third kappa shape index (κ3) is 4.20. The number of hydrogen-bond donors (Lipinski definition) is 1. The molecule has 0 saturated carbocycles. The monoisotopic (exact) mass is 429 g/mol. The number of primary amides is 1. The second-order valence-electron chi connectivity index (χ2n) is 6.58. The summed E-state index contributed by atoms with van der Waals surface area (Å²) in [6, 6.07) is 23.6. The maximum Gasteiger partial charge on any atom is 0.261 e. The summed E-state index contributed by atoms with van der Waals surface area (Å²) >= 11 is 0. The predicted molar refractivity (Wildman–Crippen MR) is 123 cm³/mol. The second kappa shape index (κ2) is 10.0. The van der Waals surface area contributed by atoms with Crippen molar-refractivity contribution in [2.45, 2.75) is 0 Å². The molecule has 0 radical (unpaired) electrons. The van der Waals surface area contributed by atoms with Gasteiger partial charge in [-0.3, -0.25) is 4.79 Å². The molecule has 32 heavy (non-hydrogen) atoms. The molecule has 0 aliphatic heterocycles. The maximum atomic E-state index is 12.4. The van der Waals surface area contributed by atoms with Crippen LogP contribution in [0.5, 0.6) is 17.2 Å². The first-order valence-electron chi connectivity index (χ1n) is 9.71. The zero-order valence-corrected chi connectivity index (χ0v) is 18.0. The van der Waals surface area contributed by atoms with Crippen LogP contribution < -0.4 is 24.8 Å². The highest BCUT2D eigenvalue weighted by molar-refractivity contribution is 6.09. The van der Waals surface area contributed by atoms with Gasteiger partial charge in [-0.05, 0) is 36.4 Å². The van der Waals surface area contributed by atoms with Gasteiger partial charge in [-0.15, -0.1) is 0 Å². The first kappa shape index (κ1) is 22.2. The number of rotatable bonds is 8. The van der Waals surface area contributed by atoms with E-state index in [1.807, 2.05) is 42.5 Å². The number of nitrogens with zero attached hydrogens (tertiary/aromatic N) is 2. The van der Waals surface area contributed by atoms with E-state index in [2.05, 4.69) is 0 Å². The van der Waals surface area contributed by atoms with Crippen molar-refractivity contribution in [3.8, 4) is 23.3 Å². The van der Waals surface area contributed by atoms with Gasteiger partial charge < -0.3 is 24.8 Å². The number of amides is 1. The van der Waals surface area contributed by atoms with Crippen LogP contribution in [-0.2, 0) is 4.79 Å². The lowest BCUT2D eigenvalue weighted by atomic mass is 10.0. The van der Waals surface area contributed by atoms with Gasteiger partial charge >= 0.3 is 0 Å². The van der Waals surface area contributed by atoms with Crippen molar-refractivity contribution in [1.29, 1.82) is 5.26 Å². The molecule has 0 heterocycles. The van der Waals surface area contributed by atoms with Gasteiger partial charge in [-0.25, -0.2) is 0 Å². The lowest BCUT2D eigenvalue weighted by molar-refractivity contribution is -0.114. The Hall–Kier alpha value is -4.44. The molecule has 7 heteroatoms. The minimum atomic E-state index is -0.872. The molecular weight excluding hydrogens is 406 g/mol. The highest BCUT2D eigenvalue weighted by Crippen LogP contribution is 2.46. The van der Waals surface area contributed by atoms with Crippen molar-refractivity contribution in [2.24, 2.45) is 5.73 Å². The molecule has 3 aromatic rings. The van der Waals surface area contributed by atoms with Crippen molar-refractivity contribution in [2.75, 3.05) is 26.2 Å². The van der Waals surface area contributed by atoms with Crippen LogP contribution >= 0.6 is 0 Å². The smallest absolute Gasteiger partial charge is 0.261 e. The summed E-state index contributed by atoms with van der Waals surface area (Å²) < 4.78 is 16.8.